The Kier molecular flexibility index (Phi) is 5.94. The molecule has 0 spiro atoms. The van der Waals surface area contributed by atoms with Crippen LogP contribution in [0.3, 0.4) is 0 Å². The zero-order valence-corrected chi connectivity index (χ0v) is 17.7. The van der Waals surface area contributed by atoms with E-state index in [1.54, 1.807) is 17.5 Å². The van der Waals surface area contributed by atoms with E-state index in [2.05, 4.69) is 39.3 Å². The standard InChI is InChI=1S/C22H26N4O2S/c1-16-4-6-18(7-5-16)19-14-23-20(28-19)8-9-21(27)25-10-3-11-26(13-12-25)22-24-17(2)15-29-22/h4-7,14-15H,3,8-13H2,1-2H3. The molecule has 1 aromatic carbocycles. The zero-order chi connectivity index (χ0) is 20.2. The van der Waals surface area contributed by atoms with Crippen LogP contribution < -0.4 is 4.90 Å². The summed E-state index contributed by atoms with van der Waals surface area (Å²) in [4.78, 5) is 25.9. The molecular formula is C22H26N4O2S. The van der Waals surface area contributed by atoms with Crippen LogP contribution in [0.4, 0.5) is 5.13 Å². The molecule has 3 aromatic rings. The van der Waals surface area contributed by atoms with Crippen LogP contribution >= 0.6 is 11.3 Å². The Morgan fingerprint density at radius 3 is 2.72 bits per heavy atom. The summed E-state index contributed by atoms with van der Waals surface area (Å²) in [6.07, 6.45) is 3.64. The highest BCUT2D eigenvalue weighted by Crippen LogP contribution is 2.23. The van der Waals surface area contributed by atoms with Crippen LogP contribution in [0.5, 0.6) is 0 Å². The van der Waals surface area contributed by atoms with Crippen molar-refractivity contribution < 1.29 is 9.21 Å². The van der Waals surface area contributed by atoms with Gasteiger partial charge in [0.15, 0.2) is 16.8 Å². The van der Waals surface area contributed by atoms with Gasteiger partial charge in [-0.2, -0.15) is 0 Å². The SMILES string of the molecule is Cc1ccc(-c2cnc(CCC(=O)N3CCCN(c4nc(C)cs4)CC3)o2)cc1. The number of aromatic nitrogens is 2. The number of benzene rings is 1. The smallest absolute Gasteiger partial charge is 0.223 e. The van der Waals surface area contributed by atoms with Crippen LogP contribution in [0.2, 0.25) is 0 Å². The zero-order valence-electron chi connectivity index (χ0n) is 16.9. The van der Waals surface area contributed by atoms with Crippen molar-refractivity contribution in [2.45, 2.75) is 33.1 Å². The first kappa shape index (κ1) is 19.6. The number of oxazole rings is 1. The van der Waals surface area contributed by atoms with Gasteiger partial charge in [0.05, 0.1) is 11.9 Å². The van der Waals surface area contributed by atoms with Crippen molar-refractivity contribution in [2.75, 3.05) is 31.1 Å². The largest absolute Gasteiger partial charge is 0.441 e. The summed E-state index contributed by atoms with van der Waals surface area (Å²) >= 11 is 1.67. The van der Waals surface area contributed by atoms with Crippen molar-refractivity contribution in [3.63, 3.8) is 0 Å². The van der Waals surface area contributed by atoms with E-state index in [1.807, 2.05) is 24.0 Å². The van der Waals surface area contributed by atoms with Crippen molar-refractivity contribution in [2.24, 2.45) is 0 Å². The Balaban J connectivity index is 1.30. The van der Waals surface area contributed by atoms with Gasteiger partial charge in [-0.15, -0.1) is 11.3 Å². The fourth-order valence-electron chi connectivity index (χ4n) is 3.49. The Morgan fingerprint density at radius 1 is 1.14 bits per heavy atom. The Morgan fingerprint density at radius 2 is 1.97 bits per heavy atom. The van der Waals surface area contributed by atoms with Gasteiger partial charge < -0.3 is 14.2 Å². The average molecular weight is 411 g/mol. The molecule has 0 bridgehead atoms. The molecule has 0 atom stereocenters. The average Bonchev–Trinajstić information content (AvgIpc) is 3.29. The molecule has 0 aliphatic carbocycles. The summed E-state index contributed by atoms with van der Waals surface area (Å²) in [6, 6.07) is 8.16. The molecular weight excluding hydrogens is 384 g/mol. The normalized spacial score (nSPS) is 14.8. The summed E-state index contributed by atoms with van der Waals surface area (Å²) < 4.78 is 5.85. The van der Waals surface area contributed by atoms with Gasteiger partial charge in [-0.05, 0) is 20.3 Å². The third-order valence-electron chi connectivity index (χ3n) is 5.17. The first-order valence-electron chi connectivity index (χ1n) is 10.0. The molecule has 0 unspecified atom stereocenters. The van der Waals surface area contributed by atoms with Crippen LogP contribution in [-0.2, 0) is 11.2 Å². The molecule has 7 heteroatoms. The molecule has 2 aromatic heterocycles. The van der Waals surface area contributed by atoms with E-state index >= 15 is 0 Å². The van der Waals surface area contributed by atoms with E-state index in [4.69, 9.17) is 4.42 Å². The van der Waals surface area contributed by atoms with Crippen molar-refractivity contribution in [1.82, 2.24) is 14.9 Å². The lowest BCUT2D eigenvalue weighted by atomic mass is 10.1. The van der Waals surface area contributed by atoms with E-state index in [1.165, 1.54) is 5.56 Å². The maximum atomic E-state index is 12.7. The van der Waals surface area contributed by atoms with Gasteiger partial charge in [-0.25, -0.2) is 9.97 Å². The highest BCUT2D eigenvalue weighted by atomic mass is 32.1. The van der Waals surface area contributed by atoms with Crippen molar-refractivity contribution in [3.05, 3.63) is 53.0 Å². The second kappa shape index (κ2) is 8.78. The van der Waals surface area contributed by atoms with Gasteiger partial charge in [0, 0.05) is 50.0 Å². The summed E-state index contributed by atoms with van der Waals surface area (Å²) in [5, 5.41) is 3.13. The number of aryl methyl sites for hydroxylation is 3. The van der Waals surface area contributed by atoms with Gasteiger partial charge in [0.2, 0.25) is 5.91 Å². The van der Waals surface area contributed by atoms with Crippen LogP contribution in [0.15, 0.2) is 40.3 Å². The number of hydrogen-bond acceptors (Lipinski definition) is 6. The molecule has 0 saturated carbocycles. The molecule has 0 radical (unpaired) electrons. The Labute approximate surface area is 175 Å². The summed E-state index contributed by atoms with van der Waals surface area (Å²) in [5.74, 6) is 1.53. The molecule has 29 heavy (non-hydrogen) atoms. The van der Waals surface area contributed by atoms with Gasteiger partial charge in [0.1, 0.15) is 0 Å². The van der Waals surface area contributed by atoms with Gasteiger partial charge in [-0.1, -0.05) is 29.8 Å². The quantitative estimate of drug-likeness (QED) is 0.634. The minimum atomic E-state index is 0.164. The summed E-state index contributed by atoms with van der Waals surface area (Å²) in [6.45, 7) is 7.37. The third kappa shape index (κ3) is 4.85. The number of rotatable bonds is 5. The van der Waals surface area contributed by atoms with Crippen LogP contribution in [-0.4, -0.2) is 47.0 Å². The molecule has 1 aliphatic rings. The summed E-state index contributed by atoms with van der Waals surface area (Å²) in [5.41, 5.74) is 3.27. The van der Waals surface area contributed by atoms with E-state index < -0.39 is 0 Å². The maximum absolute atomic E-state index is 12.7. The Hall–Kier alpha value is -2.67. The van der Waals surface area contributed by atoms with E-state index in [9.17, 15) is 4.79 Å². The van der Waals surface area contributed by atoms with Gasteiger partial charge in [0.25, 0.3) is 0 Å². The first-order valence-corrected chi connectivity index (χ1v) is 10.9. The fraction of sp³-hybridized carbons (Fsp3) is 0.409. The molecule has 1 amide bonds. The van der Waals surface area contributed by atoms with E-state index in [-0.39, 0.29) is 5.91 Å². The third-order valence-corrected chi connectivity index (χ3v) is 6.19. The minimum absolute atomic E-state index is 0.164. The topological polar surface area (TPSA) is 62.5 Å². The van der Waals surface area contributed by atoms with Crippen molar-refractivity contribution in [3.8, 4) is 11.3 Å². The lowest BCUT2D eigenvalue weighted by Crippen LogP contribution is -2.35. The number of carbonyl (C=O) groups is 1. The first-order chi connectivity index (χ1) is 14.1. The minimum Gasteiger partial charge on any atom is -0.441 e. The maximum Gasteiger partial charge on any atom is 0.223 e. The highest BCUT2D eigenvalue weighted by molar-refractivity contribution is 7.13. The van der Waals surface area contributed by atoms with Crippen LogP contribution in [0.25, 0.3) is 11.3 Å². The number of hydrogen-bond donors (Lipinski definition) is 0. The number of amides is 1. The molecule has 1 aliphatic heterocycles. The lowest BCUT2D eigenvalue weighted by Gasteiger charge is -2.21. The van der Waals surface area contributed by atoms with Gasteiger partial charge >= 0.3 is 0 Å². The number of anilines is 1. The second-order valence-electron chi connectivity index (χ2n) is 7.48. The Bertz CT molecular complexity index is 963. The summed E-state index contributed by atoms with van der Waals surface area (Å²) in [7, 11) is 0. The molecule has 0 N–H and O–H groups in total. The van der Waals surface area contributed by atoms with E-state index in [0.29, 0.717) is 18.7 Å². The molecule has 6 nitrogen and oxygen atoms in total. The molecule has 1 fully saturated rings. The predicted molar refractivity (Wildman–Crippen MR) is 115 cm³/mol. The van der Waals surface area contributed by atoms with Crippen LogP contribution in [0, 0.1) is 13.8 Å². The lowest BCUT2D eigenvalue weighted by molar-refractivity contribution is -0.131. The molecule has 4 rings (SSSR count). The predicted octanol–water partition coefficient (Wildman–Crippen LogP) is 4.09. The molecule has 1 saturated heterocycles. The second-order valence-corrected chi connectivity index (χ2v) is 8.31. The highest BCUT2D eigenvalue weighted by Gasteiger charge is 2.21. The molecule has 3 heterocycles. The van der Waals surface area contributed by atoms with Gasteiger partial charge in [-0.3, -0.25) is 4.79 Å². The van der Waals surface area contributed by atoms with Crippen LogP contribution in [0.1, 0.15) is 30.0 Å². The number of carbonyl (C=O) groups excluding carboxylic acids is 1. The molecule has 152 valence electrons. The number of nitrogens with zero attached hydrogens (tertiary/aromatic N) is 4. The fourth-order valence-corrected chi connectivity index (χ4v) is 4.35. The number of thiazole rings is 1. The van der Waals surface area contributed by atoms with Crippen molar-refractivity contribution in [1.29, 1.82) is 0 Å². The van der Waals surface area contributed by atoms with E-state index in [0.717, 1.165) is 54.7 Å². The van der Waals surface area contributed by atoms with Crippen molar-refractivity contribution >= 4 is 22.4 Å². The monoisotopic (exact) mass is 410 g/mol.